The van der Waals surface area contributed by atoms with Crippen LogP contribution in [0.2, 0.25) is 0 Å². The van der Waals surface area contributed by atoms with Crippen LogP contribution in [0.1, 0.15) is 73.0 Å². The topological polar surface area (TPSA) is 95.0 Å². The third-order valence-electron chi connectivity index (χ3n) is 4.85. The third kappa shape index (κ3) is 7.56. The number of esters is 2. The first kappa shape index (κ1) is 26.3. The molecular weight excluding hydrogens is 444 g/mol. The maximum Gasteiger partial charge on any atom is 0.410 e. The minimum Gasteiger partial charge on any atom is -0.464 e. The Morgan fingerprint density at radius 1 is 1.09 bits per heavy atom. The lowest BCUT2D eigenvalue weighted by Crippen LogP contribution is -2.44. The van der Waals surface area contributed by atoms with Gasteiger partial charge in [0.05, 0.1) is 12.7 Å². The number of aromatic nitrogens is 1. The van der Waals surface area contributed by atoms with Crippen molar-refractivity contribution in [1.82, 2.24) is 9.88 Å². The fraction of sp³-hybridized carbons (Fsp3) is 0.500. The van der Waals surface area contributed by atoms with E-state index in [4.69, 9.17) is 14.2 Å². The van der Waals surface area contributed by atoms with Crippen LogP contribution in [0.5, 0.6) is 0 Å². The number of hydrogen-bond donors (Lipinski definition) is 0. The summed E-state index contributed by atoms with van der Waals surface area (Å²) in [7, 11) is 2.94. The van der Waals surface area contributed by atoms with Crippen LogP contribution in [0.25, 0.3) is 0 Å². The van der Waals surface area contributed by atoms with Crippen molar-refractivity contribution < 1.29 is 28.6 Å². The molecule has 1 amide bonds. The average Bonchev–Trinajstić information content (AvgIpc) is 3.24. The third-order valence-corrected chi connectivity index (χ3v) is 5.79. The highest BCUT2D eigenvalue weighted by molar-refractivity contribution is 7.09. The Balaban J connectivity index is 2.34. The zero-order valence-corrected chi connectivity index (χ0v) is 21.0. The molecule has 1 heterocycles. The van der Waals surface area contributed by atoms with Crippen molar-refractivity contribution in [2.75, 3.05) is 14.2 Å². The van der Waals surface area contributed by atoms with Gasteiger partial charge in [0.25, 0.3) is 0 Å². The number of thiazole rings is 1. The van der Waals surface area contributed by atoms with Gasteiger partial charge in [0.2, 0.25) is 0 Å². The van der Waals surface area contributed by atoms with Crippen LogP contribution in [-0.2, 0) is 14.2 Å². The van der Waals surface area contributed by atoms with Crippen LogP contribution in [0.3, 0.4) is 0 Å². The molecule has 2 atom stereocenters. The molecule has 2 unspecified atom stereocenters. The average molecular weight is 477 g/mol. The molecule has 0 aliphatic carbocycles. The molecule has 0 saturated heterocycles. The second-order valence-electron chi connectivity index (χ2n) is 8.96. The first-order valence-corrected chi connectivity index (χ1v) is 11.6. The molecule has 1 aromatic carbocycles. The lowest BCUT2D eigenvalue weighted by atomic mass is 9.96. The van der Waals surface area contributed by atoms with Crippen LogP contribution < -0.4 is 0 Å². The van der Waals surface area contributed by atoms with E-state index in [1.165, 1.54) is 23.3 Å². The van der Waals surface area contributed by atoms with Gasteiger partial charge in [0.15, 0.2) is 11.8 Å². The summed E-state index contributed by atoms with van der Waals surface area (Å²) in [4.78, 5) is 43.3. The zero-order valence-electron chi connectivity index (χ0n) is 20.2. The molecule has 0 aliphatic heterocycles. The minimum atomic E-state index is -0.779. The SMILES string of the molecule is COC(=O)c1csc(C(CC(C(C)C)N(C)C(=O)OC(C)(C)C)OC(=O)c2ccccc2)n1. The Labute approximate surface area is 198 Å². The van der Waals surface area contributed by atoms with Crippen molar-refractivity contribution >= 4 is 29.4 Å². The van der Waals surface area contributed by atoms with Gasteiger partial charge in [0, 0.05) is 24.9 Å². The molecule has 0 spiro atoms. The van der Waals surface area contributed by atoms with Gasteiger partial charge in [-0.15, -0.1) is 11.3 Å². The van der Waals surface area contributed by atoms with Crippen molar-refractivity contribution in [2.24, 2.45) is 5.92 Å². The van der Waals surface area contributed by atoms with E-state index in [-0.39, 0.29) is 24.1 Å². The van der Waals surface area contributed by atoms with Gasteiger partial charge in [-0.2, -0.15) is 0 Å². The van der Waals surface area contributed by atoms with E-state index in [2.05, 4.69) is 4.98 Å². The first-order chi connectivity index (χ1) is 15.4. The summed E-state index contributed by atoms with van der Waals surface area (Å²) < 4.78 is 16.1. The lowest BCUT2D eigenvalue weighted by molar-refractivity contribution is 0.00153. The summed E-state index contributed by atoms with van der Waals surface area (Å²) in [5.41, 5.74) is -0.106. The number of nitrogens with zero attached hydrogens (tertiary/aromatic N) is 2. The highest BCUT2D eigenvalue weighted by Crippen LogP contribution is 2.31. The summed E-state index contributed by atoms with van der Waals surface area (Å²) in [6, 6.07) is 8.30. The van der Waals surface area contributed by atoms with Crippen LogP contribution >= 0.6 is 11.3 Å². The van der Waals surface area contributed by atoms with Crippen molar-refractivity contribution in [2.45, 2.75) is 58.8 Å². The highest BCUT2D eigenvalue weighted by atomic mass is 32.1. The molecule has 2 aromatic rings. The van der Waals surface area contributed by atoms with Gasteiger partial charge in [-0.1, -0.05) is 32.0 Å². The van der Waals surface area contributed by atoms with Crippen molar-refractivity contribution in [1.29, 1.82) is 0 Å². The maximum atomic E-state index is 12.8. The van der Waals surface area contributed by atoms with E-state index < -0.39 is 29.7 Å². The Morgan fingerprint density at radius 2 is 1.73 bits per heavy atom. The predicted octanol–water partition coefficient (Wildman–Crippen LogP) is 5.11. The second-order valence-corrected chi connectivity index (χ2v) is 9.85. The van der Waals surface area contributed by atoms with Crippen LogP contribution in [0.4, 0.5) is 4.79 Å². The molecule has 180 valence electrons. The van der Waals surface area contributed by atoms with Crippen molar-refractivity contribution in [3.8, 4) is 0 Å². The standard InChI is InChI=1S/C24H32N2O6S/c1-15(2)18(26(6)23(29)32-24(3,4)5)13-19(20-25-17(14-33-20)22(28)30-7)31-21(27)16-11-9-8-10-12-16/h8-12,14-15,18-19H,13H2,1-7H3. The van der Waals surface area contributed by atoms with Crippen LogP contribution in [-0.4, -0.2) is 53.7 Å². The van der Waals surface area contributed by atoms with Gasteiger partial charge >= 0.3 is 18.0 Å². The van der Waals surface area contributed by atoms with Gasteiger partial charge in [0.1, 0.15) is 10.6 Å². The van der Waals surface area contributed by atoms with Crippen LogP contribution in [0.15, 0.2) is 35.7 Å². The van der Waals surface area contributed by atoms with E-state index in [9.17, 15) is 14.4 Å². The van der Waals surface area contributed by atoms with Gasteiger partial charge < -0.3 is 19.1 Å². The normalized spacial score (nSPS) is 13.2. The maximum absolute atomic E-state index is 12.8. The predicted molar refractivity (Wildman–Crippen MR) is 125 cm³/mol. The minimum absolute atomic E-state index is 0.0282. The summed E-state index contributed by atoms with van der Waals surface area (Å²) in [6.07, 6.45) is -0.970. The molecule has 0 saturated carbocycles. The smallest absolute Gasteiger partial charge is 0.410 e. The summed E-state index contributed by atoms with van der Waals surface area (Å²) in [5, 5.41) is 2.01. The Hall–Kier alpha value is -2.94. The molecule has 0 N–H and O–H groups in total. The van der Waals surface area contributed by atoms with E-state index in [0.717, 1.165) is 0 Å². The molecule has 0 radical (unpaired) electrons. The van der Waals surface area contributed by atoms with Gasteiger partial charge in [-0.05, 0) is 38.8 Å². The first-order valence-electron chi connectivity index (χ1n) is 10.7. The van der Waals surface area contributed by atoms with Gasteiger partial charge in [-0.25, -0.2) is 19.4 Å². The van der Waals surface area contributed by atoms with Gasteiger partial charge in [-0.3, -0.25) is 0 Å². The number of methoxy groups -OCH3 is 1. The second kappa shape index (κ2) is 11.3. The molecule has 8 nitrogen and oxygen atoms in total. The molecule has 0 aliphatic rings. The van der Waals surface area contributed by atoms with E-state index in [1.54, 1.807) is 57.5 Å². The molecular formula is C24H32N2O6S. The number of hydrogen-bond acceptors (Lipinski definition) is 8. The molecule has 9 heteroatoms. The largest absolute Gasteiger partial charge is 0.464 e. The summed E-state index contributed by atoms with van der Waals surface area (Å²) in [6.45, 7) is 9.36. The molecule has 0 bridgehead atoms. The number of carbonyl (C=O) groups is 3. The van der Waals surface area contributed by atoms with E-state index in [0.29, 0.717) is 10.6 Å². The quantitative estimate of drug-likeness (QED) is 0.386. The van der Waals surface area contributed by atoms with E-state index >= 15 is 0 Å². The molecule has 2 rings (SSSR count). The fourth-order valence-electron chi connectivity index (χ4n) is 3.17. The number of carbonyl (C=O) groups excluding carboxylic acids is 3. The van der Waals surface area contributed by atoms with E-state index in [1.807, 2.05) is 19.9 Å². The summed E-state index contributed by atoms with van der Waals surface area (Å²) in [5.74, 6) is -1.06. The van der Waals surface area contributed by atoms with Crippen LogP contribution in [0, 0.1) is 5.92 Å². The molecule has 33 heavy (non-hydrogen) atoms. The summed E-state index contributed by atoms with van der Waals surface area (Å²) >= 11 is 1.20. The Morgan fingerprint density at radius 3 is 2.27 bits per heavy atom. The lowest BCUT2D eigenvalue weighted by Gasteiger charge is -2.34. The Kier molecular flexibility index (Phi) is 8.99. The molecule has 1 aromatic heterocycles. The molecule has 0 fully saturated rings. The van der Waals surface area contributed by atoms with Crippen molar-refractivity contribution in [3.05, 3.63) is 52.0 Å². The van der Waals surface area contributed by atoms with Crippen molar-refractivity contribution in [3.63, 3.8) is 0 Å². The fourth-order valence-corrected chi connectivity index (χ4v) is 4.00. The number of ether oxygens (including phenoxy) is 3. The monoisotopic (exact) mass is 476 g/mol. The number of benzene rings is 1. The number of amides is 1. The Bertz CT molecular complexity index is 951. The number of rotatable bonds is 8. The zero-order chi connectivity index (χ0) is 24.8. The highest BCUT2D eigenvalue weighted by Gasteiger charge is 2.33.